The van der Waals surface area contributed by atoms with Crippen LogP contribution in [0, 0.1) is 5.92 Å². The van der Waals surface area contributed by atoms with Gasteiger partial charge in [-0.1, -0.05) is 13.8 Å². The third kappa shape index (κ3) is 6.03. The van der Waals surface area contributed by atoms with Gasteiger partial charge in [0.15, 0.2) is 0 Å². The molecule has 0 spiro atoms. The Bertz CT molecular complexity index is 229. The van der Waals surface area contributed by atoms with Crippen LogP contribution in [0.5, 0.6) is 0 Å². The molecule has 0 heterocycles. The van der Waals surface area contributed by atoms with Crippen molar-refractivity contribution >= 4 is 5.91 Å². The minimum atomic E-state index is -0.127. The lowest BCUT2D eigenvalue weighted by atomic mass is 10.0. The van der Waals surface area contributed by atoms with E-state index in [1.165, 1.54) is 0 Å². The molecular formula is C13H28N2O2. The predicted octanol–water partition coefficient (Wildman–Crippen LogP) is 1.50. The van der Waals surface area contributed by atoms with Gasteiger partial charge in [-0.25, -0.2) is 0 Å². The SMILES string of the molecule is COC(C)C(C)NC(CC(C)C)C(=O)N(C)C. The van der Waals surface area contributed by atoms with E-state index < -0.39 is 0 Å². The zero-order chi connectivity index (χ0) is 13.6. The lowest BCUT2D eigenvalue weighted by Gasteiger charge is -2.28. The summed E-state index contributed by atoms with van der Waals surface area (Å²) in [5, 5.41) is 3.36. The lowest BCUT2D eigenvalue weighted by Crippen LogP contribution is -2.50. The van der Waals surface area contributed by atoms with E-state index in [0.717, 1.165) is 6.42 Å². The summed E-state index contributed by atoms with van der Waals surface area (Å²) in [5.74, 6) is 0.621. The Labute approximate surface area is 106 Å². The average Bonchev–Trinajstić information content (AvgIpc) is 2.24. The van der Waals surface area contributed by atoms with E-state index in [0.29, 0.717) is 5.92 Å². The highest BCUT2D eigenvalue weighted by atomic mass is 16.5. The molecule has 0 rings (SSSR count). The third-order valence-corrected chi connectivity index (χ3v) is 2.99. The zero-order valence-corrected chi connectivity index (χ0v) is 12.3. The molecule has 0 aromatic rings. The van der Waals surface area contributed by atoms with E-state index in [1.54, 1.807) is 26.1 Å². The van der Waals surface area contributed by atoms with Gasteiger partial charge in [0, 0.05) is 27.2 Å². The minimum Gasteiger partial charge on any atom is -0.380 e. The van der Waals surface area contributed by atoms with E-state index >= 15 is 0 Å². The van der Waals surface area contributed by atoms with Crippen LogP contribution in [0.1, 0.15) is 34.1 Å². The highest BCUT2D eigenvalue weighted by Gasteiger charge is 2.24. The van der Waals surface area contributed by atoms with Crippen LogP contribution >= 0.6 is 0 Å². The zero-order valence-electron chi connectivity index (χ0n) is 12.3. The summed E-state index contributed by atoms with van der Waals surface area (Å²) in [6.45, 7) is 8.30. The first-order chi connectivity index (χ1) is 7.79. The Morgan fingerprint density at radius 3 is 2.12 bits per heavy atom. The number of amides is 1. The van der Waals surface area contributed by atoms with Crippen molar-refractivity contribution in [1.82, 2.24) is 10.2 Å². The van der Waals surface area contributed by atoms with Crippen LogP contribution in [0.4, 0.5) is 0 Å². The van der Waals surface area contributed by atoms with Gasteiger partial charge in [0.1, 0.15) is 0 Å². The molecule has 0 saturated carbocycles. The number of carbonyl (C=O) groups excluding carboxylic acids is 1. The van der Waals surface area contributed by atoms with Gasteiger partial charge < -0.3 is 15.0 Å². The number of likely N-dealkylation sites (N-methyl/N-ethyl adjacent to an activating group) is 1. The minimum absolute atomic E-state index is 0.0969. The Morgan fingerprint density at radius 1 is 1.24 bits per heavy atom. The second kappa shape index (κ2) is 7.67. The summed E-state index contributed by atoms with van der Waals surface area (Å²) in [6.07, 6.45) is 0.942. The van der Waals surface area contributed by atoms with Gasteiger partial charge >= 0.3 is 0 Å². The monoisotopic (exact) mass is 244 g/mol. The number of methoxy groups -OCH3 is 1. The molecule has 0 aromatic heterocycles. The molecule has 0 aliphatic heterocycles. The molecule has 1 amide bonds. The number of nitrogens with one attached hydrogen (secondary N) is 1. The van der Waals surface area contributed by atoms with Gasteiger partial charge in [-0.15, -0.1) is 0 Å². The van der Waals surface area contributed by atoms with Crippen molar-refractivity contribution in [2.75, 3.05) is 21.2 Å². The van der Waals surface area contributed by atoms with E-state index in [9.17, 15) is 4.79 Å². The first-order valence-corrected chi connectivity index (χ1v) is 6.29. The van der Waals surface area contributed by atoms with E-state index in [2.05, 4.69) is 19.2 Å². The molecule has 0 saturated heterocycles. The number of rotatable bonds is 7. The molecule has 102 valence electrons. The fraction of sp³-hybridized carbons (Fsp3) is 0.923. The first-order valence-electron chi connectivity index (χ1n) is 6.29. The Balaban J connectivity index is 4.53. The Morgan fingerprint density at radius 2 is 1.76 bits per heavy atom. The van der Waals surface area contributed by atoms with Gasteiger partial charge in [0.05, 0.1) is 12.1 Å². The lowest BCUT2D eigenvalue weighted by molar-refractivity contribution is -0.131. The number of nitrogens with zero attached hydrogens (tertiary/aromatic N) is 1. The molecule has 4 nitrogen and oxygen atoms in total. The number of hydrogen-bond donors (Lipinski definition) is 1. The van der Waals surface area contributed by atoms with Crippen LogP contribution in [0.25, 0.3) is 0 Å². The third-order valence-electron chi connectivity index (χ3n) is 2.99. The molecule has 0 aliphatic rings. The second-order valence-corrected chi connectivity index (χ2v) is 5.31. The van der Waals surface area contributed by atoms with Gasteiger partial charge in [0.2, 0.25) is 5.91 Å². The molecule has 0 fully saturated rings. The Kier molecular flexibility index (Phi) is 7.39. The van der Waals surface area contributed by atoms with Crippen molar-refractivity contribution in [2.45, 2.75) is 52.3 Å². The predicted molar refractivity (Wildman–Crippen MR) is 71.0 cm³/mol. The molecule has 1 N–H and O–H groups in total. The molecule has 3 atom stereocenters. The Hall–Kier alpha value is -0.610. The van der Waals surface area contributed by atoms with Gasteiger partial charge in [-0.2, -0.15) is 0 Å². The van der Waals surface area contributed by atoms with Gasteiger partial charge in [-0.3, -0.25) is 4.79 Å². The van der Waals surface area contributed by atoms with Crippen molar-refractivity contribution in [2.24, 2.45) is 5.92 Å². The molecule has 17 heavy (non-hydrogen) atoms. The van der Waals surface area contributed by atoms with E-state index in [4.69, 9.17) is 4.74 Å². The topological polar surface area (TPSA) is 41.6 Å². The quantitative estimate of drug-likeness (QED) is 0.738. The number of carbonyl (C=O) groups is 1. The highest BCUT2D eigenvalue weighted by Crippen LogP contribution is 2.09. The van der Waals surface area contributed by atoms with Crippen molar-refractivity contribution in [3.63, 3.8) is 0 Å². The molecule has 4 heteroatoms. The van der Waals surface area contributed by atoms with Crippen molar-refractivity contribution in [3.05, 3.63) is 0 Å². The van der Waals surface area contributed by atoms with Crippen LogP contribution < -0.4 is 5.32 Å². The van der Waals surface area contributed by atoms with E-state index in [-0.39, 0.29) is 24.1 Å². The molecule has 0 aliphatic carbocycles. The normalized spacial score (nSPS) is 16.7. The summed E-state index contributed by atoms with van der Waals surface area (Å²) in [5.41, 5.74) is 0. The first kappa shape index (κ1) is 16.4. The van der Waals surface area contributed by atoms with Crippen molar-refractivity contribution in [1.29, 1.82) is 0 Å². The van der Waals surface area contributed by atoms with Crippen LogP contribution in [0.3, 0.4) is 0 Å². The van der Waals surface area contributed by atoms with Crippen molar-refractivity contribution < 1.29 is 9.53 Å². The number of hydrogen-bond acceptors (Lipinski definition) is 3. The van der Waals surface area contributed by atoms with E-state index in [1.807, 2.05) is 13.8 Å². The fourth-order valence-electron chi connectivity index (χ4n) is 1.68. The summed E-state index contributed by atoms with van der Waals surface area (Å²) in [4.78, 5) is 13.7. The van der Waals surface area contributed by atoms with Gasteiger partial charge in [-0.05, 0) is 26.2 Å². The van der Waals surface area contributed by atoms with Crippen LogP contribution in [-0.4, -0.2) is 50.2 Å². The largest absolute Gasteiger partial charge is 0.380 e. The molecule has 3 unspecified atom stereocenters. The van der Waals surface area contributed by atoms with Crippen LogP contribution in [0.15, 0.2) is 0 Å². The molecular weight excluding hydrogens is 216 g/mol. The summed E-state index contributed by atoms with van der Waals surface area (Å²) in [7, 11) is 5.28. The van der Waals surface area contributed by atoms with Gasteiger partial charge in [0.25, 0.3) is 0 Å². The van der Waals surface area contributed by atoms with Crippen LogP contribution in [-0.2, 0) is 9.53 Å². The molecule has 0 aromatic carbocycles. The maximum Gasteiger partial charge on any atom is 0.239 e. The highest BCUT2D eigenvalue weighted by molar-refractivity contribution is 5.81. The standard InChI is InChI=1S/C13H28N2O2/c1-9(2)8-12(13(16)15(5)6)14-10(3)11(4)17-7/h9-12,14H,8H2,1-7H3. The van der Waals surface area contributed by atoms with Crippen LogP contribution in [0.2, 0.25) is 0 Å². The molecule has 0 radical (unpaired) electrons. The summed E-state index contributed by atoms with van der Waals surface area (Å²) < 4.78 is 5.27. The maximum absolute atomic E-state index is 12.0. The fourth-order valence-corrected chi connectivity index (χ4v) is 1.68. The summed E-state index contributed by atoms with van der Waals surface area (Å²) >= 11 is 0. The second-order valence-electron chi connectivity index (χ2n) is 5.31. The number of ether oxygens (including phenoxy) is 1. The maximum atomic E-state index is 12.0. The average molecular weight is 244 g/mol. The van der Waals surface area contributed by atoms with Crippen molar-refractivity contribution in [3.8, 4) is 0 Å². The summed E-state index contributed by atoms with van der Waals surface area (Å²) in [6, 6.07) is 0.0326. The smallest absolute Gasteiger partial charge is 0.239 e. The molecule has 0 bridgehead atoms.